The van der Waals surface area contributed by atoms with Crippen molar-refractivity contribution < 1.29 is 14.0 Å². The monoisotopic (exact) mass is 457 g/mol. The number of likely N-dealkylation sites (tertiary alicyclic amines) is 1. The van der Waals surface area contributed by atoms with Crippen molar-refractivity contribution in [3.8, 4) is 5.69 Å². The van der Waals surface area contributed by atoms with Crippen molar-refractivity contribution in [1.82, 2.24) is 14.5 Å². The number of primary amides is 1. The highest BCUT2D eigenvalue weighted by Gasteiger charge is 2.33. The van der Waals surface area contributed by atoms with Crippen LogP contribution in [0.5, 0.6) is 0 Å². The highest BCUT2D eigenvalue weighted by atomic mass is 16.3. The number of carbonyl (C=O) groups excluding carboxylic acids is 2. The van der Waals surface area contributed by atoms with Gasteiger partial charge in [-0.1, -0.05) is 0 Å². The van der Waals surface area contributed by atoms with E-state index in [-0.39, 0.29) is 5.91 Å². The number of hydrogen-bond acceptors (Lipinski definition) is 5. The molecule has 8 nitrogen and oxygen atoms in total. The fraction of sp³-hybridized carbons (Fsp3) is 0.269. The number of amides is 2. The summed E-state index contributed by atoms with van der Waals surface area (Å²) in [6.07, 6.45) is 6.59. The molecule has 1 atom stereocenters. The third-order valence-electron chi connectivity index (χ3n) is 6.70. The van der Waals surface area contributed by atoms with Crippen LogP contribution in [0, 0.1) is 20.8 Å². The van der Waals surface area contributed by atoms with Gasteiger partial charge < -0.3 is 24.9 Å². The summed E-state index contributed by atoms with van der Waals surface area (Å²) in [5.74, 6) is -0.0707. The van der Waals surface area contributed by atoms with E-state index in [1.807, 2.05) is 16.8 Å². The van der Waals surface area contributed by atoms with E-state index in [1.54, 1.807) is 29.6 Å². The van der Waals surface area contributed by atoms with Gasteiger partial charge in [-0.15, -0.1) is 0 Å². The Kier molecular flexibility index (Phi) is 5.36. The Morgan fingerprint density at radius 2 is 1.91 bits per heavy atom. The normalized spacial score (nSPS) is 15.7. The number of aromatic nitrogens is 2. The summed E-state index contributed by atoms with van der Waals surface area (Å²) >= 11 is 0. The van der Waals surface area contributed by atoms with Gasteiger partial charge in [-0.25, -0.2) is 4.98 Å². The molecule has 2 aromatic heterocycles. The third kappa shape index (κ3) is 3.81. The van der Waals surface area contributed by atoms with Crippen LogP contribution in [0.2, 0.25) is 0 Å². The number of carbonyl (C=O) groups is 2. The molecule has 2 aromatic carbocycles. The molecule has 4 aromatic rings. The molecule has 3 N–H and O–H groups in total. The number of nitrogens with one attached hydrogen (secondary N) is 1. The van der Waals surface area contributed by atoms with Crippen LogP contribution in [0.3, 0.4) is 0 Å². The van der Waals surface area contributed by atoms with Gasteiger partial charge in [-0.3, -0.25) is 9.59 Å². The maximum Gasteiger partial charge on any atom is 0.254 e. The molecule has 8 heteroatoms. The molecular weight excluding hydrogens is 430 g/mol. The molecule has 1 fully saturated rings. The van der Waals surface area contributed by atoms with E-state index in [0.29, 0.717) is 35.6 Å². The fourth-order valence-electron chi connectivity index (χ4n) is 4.60. The number of benzene rings is 2. The average molecular weight is 458 g/mol. The van der Waals surface area contributed by atoms with Gasteiger partial charge >= 0.3 is 0 Å². The zero-order valence-electron chi connectivity index (χ0n) is 19.5. The van der Waals surface area contributed by atoms with Gasteiger partial charge in [0, 0.05) is 23.2 Å². The molecule has 34 heavy (non-hydrogen) atoms. The summed E-state index contributed by atoms with van der Waals surface area (Å²) in [7, 11) is 0. The third-order valence-corrected chi connectivity index (χ3v) is 6.70. The number of aryl methyl sites for hydroxylation is 2. The van der Waals surface area contributed by atoms with E-state index < -0.39 is 11.9 Å². The summed E-state index contributed by atoms with van der Waals surface area (Å²) in [5, 5.41) is 4.08. The number of rotatable bonds is 5. The lowest BCUT2D eigenvalue weighted by Crippen LogP contribution is -2.43. The average Bonchev–Trinajstić information content (AvgIpc) is 3.56. The Labute approximate surface area is 197 Å². The van der Waals surface area contributed by atoms with Crippen LogP contribution in [0.25, 0.3) is 16.7 Å². The highest BCUT2D eigenvalue weighted by Crippen LogP contribution is 2.31. The van der Waals surface area contributed by atoms with Crippen molar-refractivity contribution in [2.75, 3.05) is 11.9 Å². The molecule has 174 valence electrons. The number of nitrogens with zero attached hydrogens (tertiary/aromatic N) is 3. The molecule has 1 saturated heterocycles. The van der Waals surface area contributed by atoms with Crippen LogP contribution in [0.15, 0.2) is 53.5 Å². The first-order chi connectivity index (χ1) is 16.3. The minimum Gasteiger partial charge on any atom is -0.462 e. The number of furan rings is 1. The lowest BCUT2D eigenvalue weighted by molar-refractivity contribution is -0.121. The Balaban J connectivity index is 1.47. The molecule has 0 unspecified atom stereocenters. The first-order valence-corrected chi connectivity index (χ1v) is 11.3. The Bertz CT molecular complexity index is 1390. The van der Waals surface area contributed by atoms with Crippen molar-refractivity contribution in [1.29, 1.82) is 0 Å². The van der Waals surface area contributed by atoms with E-state index in [2.05, 4.69) is 43.2 Å². The Morgan fingerprint density at radius 1 is 1.15 bits per heavy atom. The summed E-state index contributed by atoms with van der Waals surface area (Å²) < 4.78 is 7.64. The Morgan fingerprint density at radius 3 is 2.65 bits per heavy atom. The van der Waals surface area contributed by atoms with Crippen LogP contribution in [-0.4, -0.2) is 38.9 Å². The highest BCUT2D eigenvalue weighted by molar-refractivity contribution is 6.03. The second kappa shape index (κ2) is 8.37. The number of fused-ring (bicyclic) bond motifs is 1. The first-order valence-electron chi connectivity index (χ1n) is 11.3. The van der Waals surface area contributed by atoms with Gasteiger partial charge in [0.25, 0.3) is 5.91 Å². The summed E-state index contributed by atoms with van der Waals surface area (Å²) in [6, 6.07) is 9.01. The van der Waals surface area contributed by atoms with Gasteiger partial charge in [0.1, 0.15) is 18.2 Å². The van der Waals surface area contributed by atoms with Crippen LogP contribution < -0.4 is 11.1 Å². The second-order valence-electron chi connectivity index (χ2n) is 8.92. The van der Waals surface area contributed by atoms with E-state index in [1.165, 1.54) is 16.7 Å². The maximum atomic E-state index is 13.3. The molecular formula is C26H27N5O3. The molecule has 1 aliphatic heterocycles. The van der Waals surface area contributed by atoms with Gasteiger partial charge in [0.15, 0.2) is 5.58 Å². The Hall–Kier alpha value is -4.07. The molecule has 2 amide bonds. The second-order valence-corrected chi connectivity index (χ2v) is 8.92. The van der Waals surface area contributed by atoms with Crippen LogP contribution in [0.4, 0.5) is 11.5 Å². The number of imidazole rings is 1. The fourth-order valence-corrected chi connectivity index (χ4v) is 4.60. The number of nitrogens with two attached hydrogens (primary N) is 1. The van der Waals surface area contributed by atoms with Crippen LogP contribution in [0.1, 0.15) is 39.9 Å². The van der Waals surface area contributed by atoms with Crippen molar-refractivity contribution in [3.63, 3.8) is 0 Å². The lowest BCUT2D eigenvalue weighted by atomic mass is 10.0. The van der Waals surface area contributed by atoms with E-state index in [0.717, 1.165) is 17.5 Å². The lowest BCUT2D eigenvalue weighted by Gasteiger charge is -2.22. The molecule has 0 radical (unpaired) electrons. The molecule has 0 bridgehead atoms. The largest absolute Gasteiger partial charge is 0.462 e. The predicted octanol–water partition coefficient (Wildman–Crippen LogP) is 4.38. The predicted molar refractivity (Wildman–Crippen MR) is 131 cm³/mol. The smallest absolute Gasteiger partial charge is 0.254 e. The SMILES string of the molecule is Cc1cc(-n2cnc(Nc3cc(C(=O)N4CCC[C@H]4C(N)=O)cc4ccoc34)c2)cc(C)c1C. The number of anilines is 2. The molecule has 3 heterocycles. The van der Waals surface area contributed by atoms with Crippen LogP contribution >= 0.6 is 0 Å². The van der Waals surface area contributed by atoms with Gasteiger partial charge in [-0.2, -0.15) is 0 Å². The maximum absolute atomic E-state index is 13.3. The summed E-state index contributed by atoms with van der Waals surface area (Å²) in [4.78, 5) is 31.1. The molecule has 0 spiro atoms. The van der Waals surface area contributed by atoms with E-state index >= 15 is 0 Å². The number of hydrogen-bond donors (Lipinski definition) is 2. The minimum absolute atomic E-state index is 0.219. The van der Waals surface area contributed by atoms with Gasteiger partial charge in [-0.05, 0) is 80.6 Å². The van der Waals surface area contributed by atoms with E-state index in [9.17, 15) is 9.59 Å². The summed E-state index contributed by atoms with van der Waals surface area (Å²) in [6.45, 7) is 6.83. The first kappa shape index (κ1) is 21.8. The topological polar surface area (TPSA) is 106 Å². The quantitative estimate of drug-likeness (QED) is 0.463. The van der Waals surface area contributed by atoms with Crippen molar-refractivity contribution in [2.24, 2.45) is 5.73 Å². The standard InChI is InChI=1S/C26H27N5O3/c1-15-9-20(10-16(2)17(15)3)30-13-23(28-14-30)29-21-12-19(11-18-6-8-34-24(18)21)26(33)31-7-4-5-22(31)25(27)32/h6,8-14,22,29H,4-5,7H2,1-3H3,(H2,27,32)/t22-/m0/s1. The van der Waals surface area contributed by atoms with E-state index in [4.69, 9.17) is 10.2 Å². The molecule has 5 rings (SSSR count). The van der Waals surface area contributed by atoms with Crippen molar-refractivity contribution in [2.45, 2.75) is 39.7 Å². The van der Waals surface area contributed by atoms with Crippen molar-refractivity contribution >= 4 is 34.3 Å². The molecule has 0 saturated carbocycles. The zero-order chi connectivity index (χ0) is 24.0. The zero-order valence-corrected chi connectivity index (χ0v) is 19.5. The molecule has 1 aliphatic rings. The summed E-state index contributed by atoms with van der Waals surface area (Å²) in [5.41, 5.74) is 12.0. The molecule has 0 aliphatic carbocycles. The van der Waals surface area contributed by atoms with Gasteiger partial charge in [0.2, 0.25) is 5.91 Å². The van der Waals surface area contributed by atoms with Crippen molar-refractivity contribution in [3.05, 3.63) is 71.4 Å². The minimum atomic E-state index is -0.568. The van der Waals surface area contributed by atoms with Gasteiger partial charge in [0.05, 0.1) is 18.1 Å². The van der Waals surface area contributed by atoms with Crippen LogP contribution in [-0.2, 0) is 4.79 Å².